The van der Waals surface area contributed by atoms with Crippen molar-refractivity contribution >= 4 is 40.0 Å². The van der Waals surface area contributed by atoms with Gasteiger partial charge in [-0.2, -0.15) is 0 Å². The molecule has 0 atom stereocenters. The molecule has 1 heterocycles. The molecule has 1 fully saturated rings. The molecule has 0 aliphatic heterocycles. The Bertz CT molecular complexity index is 677. The van der Waals surface area contributed by atoms with Crippen LogP contribution in [0.25, 0.3) is 0 Å². The zero-order chi connectivity index (χ0) is 18.4. The van der Waals surface area contributed by atoms with Gasteiger partial charge in [0.05, 0.1) is 18.6 Å². The van der Waals surface area contributed by atoms with Gasteiger partial charge >= 0.3 is 11.9 Å². The number of carbonyl (C=O) groups excluding carboxylic acids is 4. The summed E-state index contributed by atoms with van der Waals surface area (Å²) in [7, 11) is 0. The molecular weight excluding hydrogens is 346 g/mol. The van der Waals surface area contributed by atoms with Crippen molar-refractivity contribution in [1.82, 2.24) is 0 Å². The van der Waals surface area contributed by atoms with Gasteiger partial charge in [-0.15, -0.1) is 11.3 Å². The van der Waals surface area contributed by atoms with E-state index < -0.39 is 24.5 Å². The van der Waals surface area contributed by atoms with E-state index in [4.69, 9.17) is 9.47 Å². The van der Waals surface area contributed by atoms with E-state index in [0.717, 1.165) is 18.4 Å². The summed E-state index contributed by atoms with van der Waals surface area (Å²) in [5.74, 6) is -1.39. The number of thiophene rings is 1. The maximum atomic E-state index is 12.2. The van der Waals surface area contributed by atoms with Gasteiger partial charge in [0.15, 0.2) is 6.61 Å². The molecule has 0 saturated heterocycles. The number of hydrogen-bond donors (Lipinski definition) is 1. The Balaban J connectivity index is 1.95. The van der Waals surface area contributed by atoms with Crippen LogP contribution in [0.2, 0.25) is 0 Å². The van der Waals surface area contributed by atoms with Crippen molar-refractivity contribution in [2.45, 2.75) is 45.4 Å². The fourth-order valence-corrected chi connectivity index (χ4v) is 3.28. The fourth-order valence-electron chi connectivity index (χ4n) is 2.23. The first-order valence-electron chi connectivity index (χ1n) is 8.15. The molecule has 2 rings (SSSR count). The second kappa shape index (κ2) is 8.75. The average Bonchev–Trinajstić information content (AvgIpc) is 3.32. The molecule has 136 valence electrons. The van der Waals surface area contributed by atoms with E-state index in [9.17, 15) is 19.2 Å². The smallest absolute Gasteiger partial charge is 0.341 e. The van der Waals surface area contributed by atoms with E-state index in [1.54, 1.807) is 6.92 Å². The summed E-state index contributed by atoms with van der Waals surface area (Å²) in [6, 6.07) is 0. The highest BCUT2D eigenvalue weighted by Gasteiger charge is 2.32. The van der Waals surface area contributed by atoms with Crippen LogP contribution >= 0.6 is 11.3 Å². The number of Topliss-reactive ketones (excluding diaryl/α,β-unsaturated/α-hetero) is 1. The number of carbonyl (C=O) groups is 4. The van der Waals surface area contributed by atoms with E-state index in [2.05, 4.69) is 5.32 Å². The lowest BCUT2D eigenvalue weighted by Gasteiger charge is -2.08. The minimum Gasteiger partial charge on any atom is -0.462 e. The highest BCUT2D eigenvalue weighted by Crippen LogP contribution is 2.46. The van der Waals surface area contributed by atoms with E-state index in [-0.39, 0.29) is 25.2 Å². The Morgan fingerprint density at radius 2 is 1.92 bits per heavy atom. The maximum Gasteiger partial charge on any atom is 0.341 e. The van der Waals surface area contributed by atoms with Gasteiger partial charge in [0.1, 0.15) is 10.8 Å². The average molecular weight is 367 g/mol. The van der Waals surface area contributed by atoms with Crippen LogP contribution in [-0.2, 0) is 23.9 Å². The van der Waals surface area contributed by atoms with Crippen LogP contribution in [0.5, 0.6) is 0 Å². The summed E-state index contributed by atoms with van der Waals surface area (Å²) < 4.78 is 9.90. The topological polar surface area (TPSA) is 98.8 Å². The van der Waals surface area contributed by atoms with E-state index in [1.807, 2.05) is 5.38 Å². The minimum absolute atomic E-state index is 0.0540. The summed E-state index contributed by atoms with van der Waals surface area (Å²) in [5, 5.41) is 4.87. The molecule has 1 amide bonds. The molecule has 0 bridgehead atoms. The summed E-state index contributed by atoms with van der Waals surface area (Å²) in [6.45, 7) is 2.89. The lowest BCUT2D eigenvalue weighted by atomic mass is 10.1. The van der Waals surface area contributed by atoms with Crippen LogP contribution in [0.1, 0.15) is 61.4 Å². The van der Waals surface area contributed by atoms with Gasteiger partial charge in [-0.25, -0.2) is 4.79 Å². The van der Waals surface area contributed by atoms with Gasteiger partial charge in [-0.1, -0.05) is 0 Å². The summed E-state index contributed by atoms with van der Waals surface area (Å²) in [5.41, 5.74) is 1.29. The number of nitrogens with one attached hydrogen (secondary N) is 1. The van der Waals surface area contributed by atoms with Crippen molar-refractivity contribution in [2.75, 3.05) is 18.5 Å². The van der Waals surface area contributed by atoms with Gasteiger partial charge in [0.25, 0.3) is 5.91 Å². The highest BCUT2D eigenvalue weighted by atomic mass is 32.1. The molecule has 0 spiro atoms. The zero-order valence-corrected chi connectivity index (χ0v) is 15.1. The second-order valence-electron chi connectivity index (χ2n) is 5.80. The third-order valence-electron chi connectivity index (χ3n) is 3.61. The van der Waals surface area contributed by atoms with Gasteiger partial charge in [0, 0.05) is 6.42 Å². The SMILES string of the molecule is CCOC(=O)c1c(C2CC2)csc1NC(=O)COC(=O)CCC(C)=O. The molecule has 1 aliphatic carbocycles. The fraction of sp³-hybridized carbons (Fsp3) is 0.529. The number of ketones is 1. The van der Waals surface area contributed by atoms with Crippen molar-refractivity contribution in [3.05, 3.63) is 16.5 Å². The molecule has 1 aliphatic rings. The van der Waals surface area contributed by atoms with E-state index >= 15 is 0 Å². The first-order valence-corrected chi connectivity index (χ1v) is 9.03. The standard InChI is InChI=1S/C17H21NO6S/c1-3-23-17(22)15-12(11-5-6-11)9-25-16(15)18-13(20)8-24-14(21)7-4-10(2)19/h9,11H,3-8H2,1-2H3,(H,18,20). The molecule has 0 radical (unpaired) electrons. The predicted octanol–water partition coefficient (Wildman–Crippen LogP) is 2.65. The molecule has 1 saturated carbocycles. The lowest BCUT2D eigenvalue weighted by molar-refractivity contribution is -0.148. The van der Waals surface area contributed by atoms with Crippen molar-refractivity contribution in [2.24, 2.45) is 0 Å². The van der Waals surface area contributed by atoms with Gasteiger partial charge in [-0.3, -0.25) is 9.59 Å². The van der Waals surface area contributed by atoms with Crippen molar-refractivity contribution in [1.29, 1.82) is 0 Å². The molecule has 0 aromatic carbocycles. The number of ether oxygens (including phenoxy) is 2. The molecule has 1 aromatic rings. The van der Waals surface area contributed by atoms with Crippen LogP contribution in [0, 0.1) is 0 Å². The molecule has 1 N–H and O–H groups in total. The van der Waals surface area contributed by atoms with E-state index in [1.165, 1.54) is 18.3 Å². The Labute approximate surface area is 149 Å². The zero-order valence-electron chi connectivity index (χ0n) is 14.3. The number of anilines is 1. The lowest BCUT2D eigenvalue weighted by Crippen LogP contribution is -2.22. The van der Waals surface area contributed by atoms with Crippen LogP contribution in [0.4, 0.5) is 5.00 Å². The number of amides is 1. The molecular formula is C17H21NO6S. The van der Waals surface area contributed by atoms with Crippen molar-refractivity contribution in [3.63, 3.8) is 0 Å². The van der Waals surface area contributed by atoms with Crippen LogP contribution < -0.4 is 5.32 Å². The predicted molar refractivity (Wildman–Crippen MR) is 91.8 cm³/mol. The normalized spacial score (nSPS) is 13.2. The first kappa shape index (κ1) is 19.1. The monoisotopic (exact) mass is 367 g/mol. The number of rotatable bonds is 9. The third-order valence-corrected chi connectivity index (χ3v) is 4.53. The maximum absolute atomic E-state index is 12.2. The Hall–Kier alpha value is -2.22. The quantitative estimate of drug-likeness (QED) is 0.674. The third kappa shape index (κ3) is 5.67. The summed E-state index contributed by atoms with van der Waals surface area (Å²) in [6.07, 6.45) is 2.07. The Morgan fingerprint density at radius 1 is 1.20 bits per heavy atom. The number of esters is 2. The first-order chi connectivity index (χ1) is 11.9. The van der Waals surface area contributed by atoms with Crippen LogP contribution in [0.3, 0.4) is 0 Å². The minimum atomic E-state index is -0.610. The van der Waals surface area contributed by atoms with Crippen molar-refractivity contribution < 1.29 is 28.7 Å². The largest absolute Gasteiger partial charge is 0.462 e. The Morgan fingerprint density at radius 3 is 2.52 bits per heavy atom. The highest BCUT2D eigenvalue weighted by molar-refractivity contribution is 7.15. The van der Waals surface area contributed by atoms with Crippen LogP contribution in [0.15, 0.2) is 5.38 Å². The molecule has 1 aromatic heterocycles. The molecule has 7 nitrogen and oxygen atoms in total. The van der Waals surface area contributed by atoms with Gasteiger partial charge in [-0.05, 0) is 43.6 Å². The second-order valence-corrected chi connectivity index (χ2v) is 6.68. The molecule has 8 heteroatoms. The molecule has 25 heavy (non-hydrogen) atoms. The van der Waals surface area contributed by atoms with Crippen molar-refractivity contribution in [3.8, 4) is 0 Å². The Kier molecular flexibility index (Phi) is 6.69. The van der Waals surface area contributed by atoms with Gasteiger partial charge < -0.3 is 19.6 Å². The number of hydrogen-bond acceptors (Lipinski definition) is 7. The summed E-state index contributed by atoms with van der Waals surface area (Å²) in [4.78, 5) is 46.4. The van der Waals surface area contributed by atoms with Crippen LogP contribution in [-0.4, -0.2) is 36.8 Å². The molecule has 0 unspecified atom stereocenters. The van der Waals surface area contributed by atoms with E-state index in [0.29, 0.717) is 16.5 Å². The van der Waals surface area contributed by atoms with Gasteiger partial charge in [0.2, 0.25) is 0 Å². The summed E-state index contributed by atoms with van der Waals surface area (Å²) >= 11 is 1.26.